The number of benzene rings is 1. The molecule has 100 valence electrons. The number of imidazole rings is 1. The Bertz CT molecular complexity index is 536. The van der Waals surface area contributed by atoms with Gasteiger partial charge in [-0.05, 0) is 49.1 Å². The van der Waals surface area contributed by atoms with Gasteiger partial charge in [0.25, 0.3) is 0 Å². The van der Waals surface area contributed by atoms with Crippen molar-refractivity contribution in [1.82, 2.24) is 15.3 Å². The molecule has 3 rings (SSSR count). The molecule has 0 bridgehead atoms. The van der Waals surface area contributed by atoms with Gasteiger partial charge in [0.1, 0.15) is 11.6 Å². The van der Waals surface area contributed by atoms with Crippen LogP contribution < -0.4 is 5.32 Å². The predicted molar refractivity (Wildman–Crippen MR) is 72.4 cm³/mol. The minimum atomic E-state index is -0.128. The van der Waals surface area contributed by atoms with Crippen molar-refractivity contribution >= 4 is 0 Å². The van der Waals surface area contributed by atoms with Gasteiger partial charge in [-0.2, -0.15) is 0 Å². The molecule has 0 radical (unpaired) electrons. The fraction of sp³-hybridized carbons (Fsp3) is 0.400. The molecule has 0 aliphatic heterocycles. The van der Waals surface area contributed by atoms with E-state index in [1.807, 2.05) is 12.3 Å². The molecule has 1 aliphatic rings. The molecule has 1 aliphatic carbocycles. The van der Waals surface area contributed by atoms with Crippen LogP contribution in [0.1, 0.15) is 35.8 Å². The standard InChI is InChI=1S/C15H18FN3/c16-12-4-5-13-11(10-12)3-6-14(13)17-7-1-2-15-18-8-9-19-15/h4-5,8-10,14,17H,1-3,6-7H2,(H,18,19). The van der Waals surface area contributed by atoms with Crippen LogP contribution in [0, 0.1) is 5.82 Å². The van der Waals surface area contributed by atoms with Gasteiger partial charge in [-0.3, -0.25) is 0 Å². The number of aryl methyl sites for hydroxylation is 2. The first-order valence-corrected chi connectivity index (χ1v) is 6.83. The van der Waals surface area contributed by atoms with Gasteiger partial charge in [0.2, 0.25) is 0 Å². The highest BCUT2D eigenvalue weighted by Crippen LogP contribution is 2.31. The third-order valence-corrected chi connectivity index (χ3v) is 3.72. The number of aromatic nitrogens is 2. The molecule has 1 heterocycles. The molecule has 1 aromatic carbocycles. The van der Waals surface area contributed by atoms with E-state index >= 15 is 0 Å². The zero-order chi connectivity index (χ0) is 13.1. The Kier molecular flexibility index (Phi) is 3.60. The lowest BCUT2D eigenvalue weighted by Gasteiger charge is -2.13. The number of fused-ring (bicyclic) bond motifs is 1. The average Bonchev–Trinajstić information content (AvgIpc) is 3.03. The molecule has 4 heteroatoms. The first kappa shape index (κ1) is 12.4. The van der Waals surface area contributed by atoms with E-state index in [1.54, 1.807) is 18.3 Å². The molecule has 0 saturated carbocycles. The van der Waals surface area contributed by atoms with Crippen LogP contribution in [0.4, 0.5) is 4.39 Å². The summed E-state index contributed by atoms with van der Waals surface area (Å²) in [5.74, 6) is 0.910. The molecule has 1 atom stereocenters. The van der Waals surface area contributed by atoms with E-state index in [-0.39, 0.29) is 5.82 Å². The molecule has 1 unspecified atom stereocenters. The maximum atomic E-state index is 13.1. The summed E-state index contributed by atoms with van der Waals surface area (Å²) in [6.45, 7) is 0.960. The normalized spacial score (nSPS) is 17.6. The van der Waals surface area contributed by atoms with Crippen LogP contribution in [0.25, 0.3) is 0 Å². The number of halogens is 1. The van der Waals surface area contributed by atoms with Crippen molar-refractivity contribution in [2.75, 3.05) is 6.54 Å². The maximum Gasteiger partial charge on any atom is 0.123 e. The largest absolute Gasteiger partial charge is 0.349 e. The molecule has 1 aromatic heterocycles. The van der Waals surface area contributed by atoms with Crippen LogP contribution in [0.3, 0.4) is 0 Å². The number of nitrogens with zero attached hydrogens (tertiary/aromatic N) is 1. The van der Waals surface area contributed by atoms with Crippen LogP contribution in [0.15, 0.2) is 30.6 Å². The fourth-order valence-corrected chi connectivity index (χ4v) is 2.76. The highest BCUT2D eigenvalue weighted by atomic mass is 19.1. The van der Waals surface area contributed by atoms with Crippen molar-refractivity contribution in [2.45, 2.75) is 31.7 Å². The molecular weight excluding hydrogens is 241 g/mol. The van der Waals surface area contributed by atoms with Crippen molar-refractivity contribution in [3.05, 3.63) is 53.4 Å². The van der Waals surface area contributed by atoms with Gasteiger partial charge in [0, 0.05) is 24.9 Å². The van der Waals surface area contributed by atoms with Crippen molar-refractivity contribution < 1.29 is 4.39 Å². The Morgan fingerprint density at radius 2 is 2.37 bits per heavy atom. The molecule has 0 fully saturated rings. The highest BCUT2D eigenvalue weighted by Gasteiger charge is 2.21. The molecule has 2 aromatic rings. The molecular formula is C15H18FN3. The van der Waals surface area contributed by atoms with E-state index in [4.69, 9.17) is 0 Å². The van der Waals surface area contributed by atoms with E-state index in [1.165, 1.54) is 5.56 Å². The Labute approximate surface area is 112 Å². The van der Waals surface area contributed by atoms with Gasteiger partial charge in [-0.25, -0.2) is 9.37 Å². The second kappa shape index (κ2) is 5.53. The summed E-state index contributed by atoms with van der Waals surface area (Å²) in [5, 5.41) is 3.56. The summed E-state index contributed by atoms with van der Waals surface area (Å²) < 4.78 is 13.1. The lowest BCUT2D eigenvalue weighted by atomic mass is 10.1. The Hall–Kier alpha value is -1.68. The number of nitrogens with one attached hydrogen (secondary N) is 2. The Morgan fingerprint density at radius 3 is 3.21 bits per heavy atom. The third-order valence-electron chi connectivity index (χ3n) is 3.72. The van der Waals surface area contributed by atoms with Gasteiger partial charge < -0.3 is 10.3 Å². The van der Waals surface area contributed by atoms with Crippen molar-refractivity contribution in [1.29, 1.82) is 0 Å². The molecule has 0 amide bonds. The van der Waals surface area contributed by atoms with Crippen molar-refractivity contribution in [3.8, 4) is 0 Å². The van der Waals surface area contributed by atoms with Crippen LogP contribution >= 0.6 is 0 Å². The summed E-state index contributed by atoms with van der Waals surface area (Å²) >= 11 is 0. The molecule has 2 N–H and O–H groups in total. The van der Waals surface area contributed by atoms with Crippen LogP contribution in [0.5, 0.6) is 0 Å². The zero-order valence-electron chi connectivity index (χ0n) is 10.8. The minimum absolute atomic E-state index is 0.128. The molecule has 0 spiro atoms. The second-order valence-electron chi connectivity index (χ2n) is 5.03. The first-order chi connectivity index (χ1) is 9.33. The summed E-state index contributed by atoms with van der Waals surface area (Å²) in [4.78, 5) is 7.31. The Balaban J connectivity index is 1.50. The lowest BCUT2D eigenvalue weighted by Crippen LogP contribution is -2.21. The second-order valence-corrected chi connectivity index (χ2v) is 5.03. The van der Waals surface area contributed by atoms with Gasteiger partial charge in [-0.15, -0.1) is 0 Å². The topological polar surface area (TPSA) is 40.7 Å². The summed E-state index contributed by atoms with van der Waals surface area (Å²) in [6, 6.07) is 5.52. The smallest absolute Gasteiger partial charge is 0.123 e. The predicted octanol–water partition coefficient (Wildman–Crippen LogP) is 2.76. The number of H-pyrrole nitrogens is 1. The van der Waals surface area contributed by atoms with Crippen LogP contribution in [0.2, 0.25) is 0 Å². The summed E-state index contributed by atoms with van der Waals surface area (Å²) in [6.07, 6.45) is 7.70. The van der Waals surface area contributed by atoms with Gasteiger partial charge in [0.15, 0.2) is 0 Å². The quantitative estimate of drug-likeness (QED) is 0.811. The minimum Gasteiger partial charge on any atom is -0.349 e. The zero-order valence-corrected chi connectivity index (χ0v) is 10.8. The van der Waals surface area contributed by atoms with Gasteiger partial charge >= 0.3 is 0 Å². The van der Waals surface area contributed by atoms with Crippen LogP contribution in [-0.2, 0) is 12.8 Å². The summed E-state index contributed by atoms with van der Waals surface area (Å²) in [7, 11) is 0. The van der Waals surface area contributed by atoms with E-state index in [2.05, 4.69) is 15.3 Å². The SMILES string of the molecule is Fc1ccc2c(c1)CCC2NCCCc1ncc[nH]1. The maximum absolute atomic E-state index is 13.1. The number of hydrogen-bond acceptors (Lipinski definition) is 2. The summed E-state index contributed by atoms with van der Waals surface area (Å²) in [5.41, 5.74) is 2.42. The first-order valence-electron chi connectivity index (χ1n) is 6.83. The van der Waals surface area contributed by atoms with Gasteiger partial charge in [-0.1, -0.05) is 6.07 Å². The third kappa shape index (κ3) is 2.84. The number of aromatic amines is 1. The Morgan fingerprint density at radius 1 is 1.42 bits per heavy atom. The number of rotatable bonds is 5. The molecule has 3 nitrogen and oxygen atoms in total. The van der Waals surface area contributed by atoms with Crippen molar-refractivity contribution in [3.63, 3.8) is 0 Å². The van der Waals surface area contributed by atoms with Crippen LogP contribution in [-0.4, -0.2) is 16.5 Å². The average molecular weight is 259 g/mol. The van der Waals surface area contributed by atoms with E-state index in [0.717, 1.165) is 43.6 Å². The van der Waals surface area contributed by atoms with E-state index in [9.17, 15) is 4.39 Å². The molecule has 19 heavy (non-hydrogen) atoms. The molecule has 0 saturated heterocycles. The monoisotopic (exact) mass is 259 g/mol. The fourth-order valence-electron chi connectivity index (χ4n) is 2.76. The van der Waals surface area contributed by atoms with E-state index < -0.39 is 0 Å². The van der Waals surface area contributed by atoms with E-state index in [0.29, 0.717) is 6.04 Å². The van der Waals surface area contributed by atoms with Gasteiger partial charge in [0.05, 0.1) is 0 Å². The van der Waals surface area contributed by atoms with Crippen molar-refractivity contribution in [2.24, 2.45) is 0 Å². The highest BCUT2D eigenvalue weighted by molar-refractivity contribution is 5.34. The number of hydrogen-bond donors (Lipinski definition) is 2. The lowest BCUT2D eigenvalue weighted by molar-refractivity contribution is 0.518.